The number of halogens is 1. The summed E-state index contributed by atoms with van der Waals surface area (Å²) < 4.78 is 6.41. The summed E-state index contributed by atoms with van der Waals surface area (Å²) in [7, 11) is 0. The zero-order valence-corrected chi connectivity index (χ0v) is 18.7. The SMILES string of the molecule is CC1CCN(C(=O)c2ccccc2NC(=O)c2ccc(OC(C)C)c(Br)c2)CC1. The number of nitrogens with one attached hydrogen (secondary N) is 1. The van der Waals surface area contributed by atoms with Crippen LogP contribution in [0.5, 0.6) is 5.75 Å². The van der Waals surface area contributed by atoms with Crippen molar-refractivity contribution in [2.75, 3.05) is 18.4 Å². The first-order valence-electron chi connectivity index (χ1n) is 10.0. The third kappa shape index (κ3) is 5.38. The number of para-hydroxylation sites is 1. The minimum Gasteiger partial charge on any atom is -0.490 e. The molecule has 0 saturated carbocycles. The minimum absolute atomic E-state index is 0.0327. The molecule has 0 aromatic heterocycles. The van der Waals surface area contributed by atoms with Crippen LogP contribution in [0.25, 0.3) is 0 Å². The van der Waals surface area contributed by atoms with Gasteiger partial charge in [-0.3, -0.25) is 9.59 Å². The second kappa shape index (κ2) is 9.44. The van der Waals surface area contributed by atoms with Gasteiger partial charge in [-0.2, -0.15) is 0 Å². The standard InChI is InChI=1S/C23H27BrN2O3/c1-15(2)29-21-9-8-17(14-19(21)24)22(27)25-20-7-5-4-6-18(20)23(28)26-12-10-16(3)11-13-26/h4-9,14-16H,10-13H2,1-3H3,(H,25,27). The topological polar surface area (TPSA) is 58.6 Å². The molecule has 1 N–H and O–H groups in total. The van der Waals surface area contributed by atoms with Gasteiger partial charge in [0.2, 0.25) is 0 Å². The predicted octanol–water partition coefficient (Wildman–Crippen LogP) is 5.36. The highest BCUT2D eigenvalue weighted by atomic mass is 79.9. The first kappa shape index (κ1) is 21.4. The van der Waals surface area contributed by atoms with E-state index in [-0.39, 0.29) is 17.9 Å². The fourth-order valence-corrected chi connectivity index (χ4v) is 3.82. The number of amides is 2. The number of carbonyl (C=O) groups is 2. The maximum atomic E-state index is 13.0. The molecule has 0 unspecified atom stereocenters. The smallest absolute Gasteiger partial charge is 0.255 e. The van der Waals surface area contributed by atoms with E-state index in [1.807, 2.05) is 30.9 Å². The third-order valence-electron chi connectivity index (χ3n) is 5.03. The molecule has 1 saturated heterocycles. The van der Waals surface area contributed by atoms with Gasteiger partial charge in [-0.15, -0.1) is 0 Å². The zero-order chi connectivity index (χ0) is 21.0. The third-order valence-corrected chi connectivity index (χ3v) is 5.65. The first-order valence-corrected chi connectivity index (χ1v) is 10.8. The van der Waals surface area contributed by atoms with Crippen molar-refractivity contribution in [3.05, 3.63) is 58.1 Å². The Morgan fingerprint density at radius 3 is 2.48 bits per heavy atom. The molecule has 1 heterocycles. The fraction of sp³-hybridized carbons (Fsp3) is 0.391. The Bertz CT molecular complexity index is 889. The van der Waals surface area contributed by atoms with E-state index < -0.39 is 0 Å². The second-order valence-corrected chi connectivity index (χ2v) is 8.64. The van der Waals surface area contributed by atoms with Crippen LogP contribution in [0.4, 0.5) is 5.69 Å². The molecule has 1 aliphatic heterocycles. The van der Waals surface area contributed by atoms with Gasteiger partial charge in [0.1, 0.15) is 5.75 Å². The van der Waals surface area contributed by atoms with Crippen LogP contribution >= 0.6 is 15.9 Å². The number of rotatable bonds is 5. The molecule has 1 fully saturated rings. The summed E-state index contributed by atoms with van der Waals surface area (Å²) in [5.41, 5.74) is 1.54. The Hall–Kier alpha value is -2.34. The summed E-state index contributed by atoms with van der Waals surface area (Å²) in [4.78, 5) is 27.7. The van der Waals surface area contributed by atoms with Crippen molar-refractivity contribution in [1.29, 1.82) is 0 Å². The van der Waals surface area contributed by atoms with Crippen LogP contribution in [-0.2, 0) is 0 Å². The van der Waals surface area contributed by atoms with E-state index in [2.05, 4.69) is 28.2 Å². The molecular weight excluding hydrogens is 432 g/mol. The van der Waals surface area contributed by atoms with Crippen molar-refractivity contribution >= 4 is 33.4 Å². The van der Waals surface area contributed by atoms with Gasteiger partial charge in [-0.25, -0.2) is 0 Å². The molecule has 2 aromatic carbocycles. The van der Waals surface area contributed by atoms with E-state index in [1.165, 1.54) is 0 Å². The van der Waals surface area contributed by atoms with Crippen LogP contribution in [0.3, 0.4) is 0 Å². The van der Waals surface area contributed by atoms with Gasteiger partial charge in [0.05, 0.1) is 21.8 Å². The maximum absolute atomic E-state index is 13.0. The van der Waals surface area contributed by atoms with Crippen LogP contribution in [0.2, 0.25) is 0 Å². The van der Waals surface area contributed by atoms with Crippen molar-refractivity contribution in [2.24, 2.45) is 5.92 Å². The second-order valence-electron chi connectivity index (χ2n) is 7.79. The van der Waals surface area contributed by atoms with Crippen molar-refractivity contribution in [3.63, 3.8) is 0 Å². The monoisotopic (exact) mass is 458 g/mol. The molecule has 0 radical (unpaired) electrons. The van der Waals surface area contributed by atoms with Crippen LogP contribution in [0, 0.1) is 5.92 Å². The Kier molecular flexibility index (Phi) is 6.96. The number of benzene rings is 2. The quantitative estimate of drug-likeness (QED) is 0.655. The van der Waals surface area contributed by atoms with E-state index in [4.69, 9.17) is 4.74 Å². The zero-order valence-electron chi connectivity index (χ0n) is 17.1. The van der Waals surface area contributed by atoms with Crippen molar-refractivity contribution in [2.45, 2.75) is 39.7 Å². The molecule has 0 spiro atoms. The number of likely N-dealkylation sites (tertiary alicyclic amines) is 1. The molecule has 154 valence electrons. The number of carbonyl (C=O) groups excluding carboxylic acids is 2. The van der Waals surface area contributed by atoms with Crippen LogP contribution in [0.15, 0.2) is 46.9 Å². The lowest BCUT2D eigenvalue weighted by molar-refractivity contribution is 0.0698. The van der Waals surface area contributed by atoms with E-state index in [9.17, 15) is 9.59 Å². The van der Waals surface area contributed by atoms with Gasteiger partial charge in [-0.1, -0.05) is 19.1 Å². The van der Waals surface area contributed by atoms with Crippen LogP contribution < -0.4 is 10.1 Å². The summed E-state index contributed by atoms with van der Waals surface area (Å²) in [6, 6.07) is 12.4. The highest BCUT2D eigenvalue weighted by Crippen LogP contribution is 2.28. The molecule has 0 aliphatic carbocycles. The maximum Gasteiger partial charge on any atom is 0.255 e. The molecule has 0 bridgehead atoms. The lowest BCUT2D eigenvalue weighted by Crippen LogP contribution is -2.38. The van der Waals surface area contributed by atoms with Gasteiger partial charge in [0.15, 0.2) is 0 Å². The Labute approximate surface area is 180 Å². The number of piperidine rings is 1. The lowest BCUT2D eigenvalue weighted by atomic mass is 9.98. The number of nitrogens with zero attached hydrogens (tertiary/aromatic N) is 1. The Balaban J connectivity index is 1.76. The van der Waals surface area contributed by atoms with E-state index in [0.29, 0.717) is 33.0 Å². The Morgan fingerprint density at radius 1 is 1.14 bits per heavy atom. The van der Waals surface area contributed by atoms with Gasteiger partial charge < -0.3 is 15.0 Å². The summed E-state index contributed by atoms with van der Waals surface area (Å²) >= 11 is 3.46. The average Bonchev–Trinajstić information content (AvgIpc) is 2.69. The predicted molar refractivity (Wildman–Crippen MR) is 119 cm³/mol. The molecule has 6 heteroatoms. The molecule has 29 heavy (non-hydrogen) atoms. The number of hydrogen-bond acceptors (Lipinski definition) is 3. The fourth-order valence-electron chi connectivity index (χ4n) is 3.35. The van der Waals surface area contributed by atoms with Crippen molar-refractivity contribution in [1.82, 2.24) is 4.90 Å². The highest BCUT2D eigenvalue weighted by molar-refractivity contribution is 9.10. The van der Waals surface area contributed by atoms with Crippen LogP contribution in [0.1, 0.15) is 54.3 Å². The Morgan fingerprint density at radius 2 is 1.83 bits per heavy atom. The van der Waals surface area contributed by atoms with E-state index in [0.717, 1.165) is 25.9 Å². The van der Waals surface area contributed by atoms with Gasteiger partial charge >= 0.3 is 0 Å². The van der Waals surface area contributed by atoms with E-state index in [1.54, 1.807) is 30.3 Å². The molecular formula is C23H27BrN2O3. The summed E-state index contributed by atoms with van der Waals surface area (Å²) in [5.74, 6) is 1.03. The van der Waals surface area contributed by atoms with E-state index >= 15 is 0 Å². The first-order chi connectivity index (χ1) is 13.8. The van der Waals surface area contributed by atoms with Gasteiger partial charge in [0, 0.05) is 18.7 Å². The summed E-state index contributed by atoms with van der Waals surface area (Å²) in [6.07, 6.45) is 2.07. The average molecular weight is 459 g/mol. The minimum atomic E-state index is -0.269. The highest BCUT2D eigenvalue weighted by Gasteiger charge is 2.24. The molecule has 5 nitrogen and oxygen atoms in total. The summed E-state index contributed by atoms with van der Waals surface area (Å²) in [5, 5.41) is 2.89. The van der Waals surface area contributed by atoms with Gasteiger partial charge in [-0.05, 0) is 78.9 Å². The number of anilines is 1. The molecule has 2 amide bonds. The lowest BCUT2D eigenvalue weighted by Gasteiger charge is -2.30. The van der Waals surface area contributed by atoms with Gasteiger partial charge in [0.25, 0.3) is 11.8 Å². The molecule has 1 aliphatic rings. The van der Waals surface area contributed by atoms with Crippen molar-refractivity contribution < 1.29 is 14.3 Å². The number of hydrogen-bond donors (Lipinski definition) is 1. The summed E-state index contributed by atoms with van der Waals surface area (Å²) in [6.45, 7) is 7.62. The normalized spacial score (nSPS) is 14.7. The number of ether oxygens (including phenoxy) is 1. The van der Waals surface area contributed by atoms with Crippen molar-refractivity contribution in [3.8, 4) is 5.75 Å². The largest absolute Gasteiger partial charge is 0.490 e. The van der Waals surface area contributed by atoms with Crippen LogP contribution in [-0.4, -0.2) is 35.9 Å². The molecule has 2 aromatic rings. The molecule has 3 rings (SSSR count). The molecule has 0 atom stereocenters.